The zero-order valence-corrected chi connectivity index (χ0v) is 21.0. The second-order valence-corrected chi connectivity index (χ2v) is 9.72. The third-order valence-electron chi connectivity index (χ3n) is 6.50. The highest BCUT2D eigenvalue weighted by Gasteiger charge is 2.30. The van der Waals surface area contributed by atoms with Crippen LogP contribution in [0.4, 0.5) is 5.69 Å². The van der Waals surface area contributed by atoms with Gasteiger partial charge in [-0.05, 0) is 39.2 Å². The molecular formula is C25H40N4O5. The van der Waals surface area contributed by atoms with Crippen LogP contribution >= 0.6 is 0 Å². The molecule has 1 saturated heterocycles. The van der Waals surface area contributed by atoms with E-state index in [9.17, 15) is 14.7 Å². The highest BCUT2D eigenvalue weighted by Crippen LogP contribution is 2.29. The van der Waals surface area contributed by atoms with Crippen molar-refractivity contribution in [3.05, 3.63) is 23.8 Å². The molecule has 2 N–H and O–H groups in total. The number of aliphatic hydroxyl groups is 1. The summed E-state index contributed by atoms with van der Waals surface area (Å²) in [5.74, 6) is 0.624. The standard InChI is InChI=1S/C25H40N4O5/c1-18-15-29(19(2)17-30)25(32)14-20-13-21(5-6-22(20)34-23(18)16-27(3)4)26-24(31)7-8-28-9-11-33-12-10-28/h5-6,13,18-19,23,30H,7-12,14-17H2,1-4H3,(H,26,31)/t18-,19-,23-/m0/s1. The molecule has 0 spiro atoms. The first kappa shape index (κ1) is 26.4. The van der Waals surface area contributed by atoms with Crippen molar-refractivity contribution in [3.8, 4) is 5.75 Å². The maximum absolute atomic E-state index is 13.2. The number of hydrogen-bond donors (Lipinski definition) is 2. The summed E-state index contributed by atoms with van der Waals surface area (Å²) in [5.41, 5.74) is 1.39. The lowest BCUT2D eigenvalue weighted by atomic mass is 10.0. The van der Waals surface area contributed by atoms with Gasteiger partial charge in [0.2, 0.25) is 11.8 Å². The van der Waals surface area contributed by atoms with E-state index in [1.165, 1.54) is 0 Å². The molecule has 2 amide bonds. The molecule has 0 aromatic heterocycles. The quantitative estimate of drug-likeness (QED) is 0.579. The van der Waals surface area contributed by atoms with Crippen LogP contribution < -0.4 is 10.1 Å². The molecule has 3 atom stereocenters. The summed E-state index contributed by atoms with van der Waals surface area (Å²) >= 11 is 0. The molecule has 0 aliphatic carbocycles. The maximum atomic E-state index is 13.2. The Hall–Kier alpha value is -2.20. The fourth-order valence-electron chi connectivity index (χ4n) is 4.39. The lowest BCUT2D eigenvalue weighted by molar-refractivity contribution is -0.134. The molecule has 9 nitrogen and oxygen atoms in total. The summed E-state index contributed by atoms with van der Waals surface area (Å²) in [4.78, 5) is 31.8. The van der Waals surface area contributed by atoms with E-state index < -0.39 is 0 Å². The van der Waals surface area contributed by atoms with E-state index in [0.717, 1.165) is 18.7 Å². The molecule has 0 unspecified atom stereocenters. The number of likely N-dealkylation sites (N-methyl/N-ethyl adjacent to an activating group) is 1. The number of amides is 2. The molecule has 190 valence electrons. The highest BCUT2D eigenvalue weighted by molar-refractivity contribution is 5.91. The monoisotopic (exact) mass is 476 g/mol. The molecule has 34 heavy (non-hydrogen) atoms. The van der Waals surface area contributed by atoms with Crippen LogP contribution in [-0.4, -0.2) is 110 Å². The second-order valence-electron chi connectivity index (χ2n) is 9.72. The Bertz CT molecular complexity index is 828. The molecule has 2 heterocycles. The average molecular weight is 477 g/mol. The number of carbonyl (C=O) groups excluding carboxylic acids is 2. The van der Waals surface area contributed by atoms with Gasteiger partial charge in [0.05, 0.1) is 32.3 Å². The zero-order chi connectivity index (χ0) is 24.7. The molecule has 2 aliphatic heterocycles. The SMILES string of the molecule is C[C@H]1CN([C@@H](C)CO)C(=O)Cc2cc(NC(=O)CCN3CCOCC3)ccc2O[C@H]1CN(C)C. The summed E-state index contributed by atoms with van der Waals surface area (Å²) in [5, 5.41) is 12.7. The number of anilines is 1. The van der Waals surface area contributed by atoms with Crippen LogP contribution in [0.2, 0.25) is 0 Å². The van der Waals surface area contributed by atoms with E-state index in [-0.39, 0.29) is 42.9 Å². The third kappa shape index (κ3) is 7.40. The lowest BCUT2D eigenvalue weighted by Gasteiger charge is -2.33. The minimum absolute atomic E-state index is 0.0560. The molecule has 0 bridgehead atoms. The summed E-state index contributed by atoms with van der Waals surface area (Å²) in [7, 11) is 4.00. The minimum atomic E-state index is -0.278. The molecule has 3 rings (SSSR count). The number of carbonyl (C=O) groups is 2. The van der Waals surface area contributed by atoms with E-state index in [1.54, 1.807) is 4.90 Å². The van der Waals surface area contributed by atoms with Gasteiger partial charge in [-0.25, -0.2) is 0 Å². The van der Waals surface area contributed by atoms with Gasteiger partial charge in [-0.2, -0.15) is 0 Å². The number of nitrogens with zero attached hydrogens (tertiary/aromatic N) is 3. The number of benzene rings is 1. The van der Waals surface area contributed by atoms with Crippen molar-refractivity contribution < 1.29 is 24.2 Å². The van der Waals surface area contributed by atoms with Crippen LogP contribution in [0.3, 0.4) is 0 Å². The van der Waals surface area contributed by atoms with Crippen molar-refractivity contribution in [3.63, 3.8) is 0 Å². The Morgan fingerprint density at radius 1 is 1.29 bits per heavy atom. The van der Waals surface area contributed by atoms with Gasteiger partial charge in [-0.1, -0.05) is 6.92 Å². The normalized spacial score (nSPS) is 22.9. The van der Waals surface area contributed by atoms with E-state index in [4.69, 9.17) is 9.47 Å². The van der Waals surface area contributed by atoms with Crippen LogP contribution in [0.15, 0.2) is 18.2 Å². The number of aliphatic hydroxyl groups excluding tert-OH is 1. The second kappa shape index (κ2) is 12.5. The smallest absolute Gasteiger partial charge is 0.227 e. The van der Waals surface area contributed by atoms with Gasteiger partial charge in [0.25, 0.3) is 0 Å². The van der Waals surface area contributed by atoms with Crippen LogP contribution in [-0.2, 0) is 20.7 Å². The lowest BCUT2D eigenvalue weighted by Crippen LogP contribution is -2.47. The van der Waals surface area contributed by atoms with E-state index in [0.29, 0.717) is 50.7 Å². The number of fused-ring (bicyclic) bond motifs is 1. The predicted molar refractivity (Wildman–Crippen MR) is 131 cm³/mol. The van der Waals surface area contributed by atoms with Gasteiger partial charge >= 0.3 is 0 Å². The van der Waals surface area contributed by atoms with Crippen LogP contribution in [0.25, 0.3) is 0 Å². The zero-order valence-electron chi connectivity index (χ0n) is 21.0. The largest absolute Gasteiger partial charge is 0.488 e. The molecule has 0 saturated carbocycles. The fourth-order valence-corrected chi connectivity index (χ4v) is 4.39. The van der Waals surface area contributed by atoms with E-state index in [1.807, 2.05) is 39.2 Å². The Morgan fingerprint density at radius 2 is 2.03 bits per heavy atom. The Morgan fingerprint density at radius 3 is 2.71 bits per heavy atom. The number of hydrogen-bond acceptors (Lipinski definition) is 7. The first-order valence-electron chi connectivity index (χ1n) is 12.2. The number of nitrogens with one attached hydrogen (secondary N) is 1. The van der Waals surface area contributed by atoms with Crippen LogP contribution in [0.5, 0.6) is 5.75 Å². The van der Waals surface area contributed by atoms with Gasteiger partial charge in [0.15, 0.2) is 0 Å². The molecule has 1 aromatic carbocycles. The van der Waals surface area contributed by atoms with Gasteiger partial charge in [-0.15, -0.1) is 0 Å². The van der Waals surface area contributed by atoms with Crippen molar-refractivity contribution in [2.24, 2.45) is 5.92 Å². The van der Waals surface area contributed by atoms with Crippen molar-refractivity contribution in [2.45, 2.75) is 38.8 Å². The van der Waals surface area contributed by atoms with Crippen molar-refractivity contribution in [1.29, 1.82) is 0 Å². The van der Waals surface area contributed by atoms with Crippen molar-refractivity contribution in [2.75, 3.05) is 72.0 Å². The summed E-state index contributed by atoms with van der Waals surface area (Å²) in [6.07, 6.45) is 0.428. The number of morpholine rings is 1. The molecule has 1 fully saturated rings. The molecule has 1 aromatic rings. The first-order valence-corrected chi connectivity index (χ1v) is 12.2. The van der Waals surface area contributed by atoms with Gasteiger partial charge in [0.1, 0.15) is 11.9 Å². The van der Waals surface area contributed by atoms with Crippen LogP contribution in [0, 0.1) is 5.92 Å². The minimum Gasteiger partial charge on any atom is -0.488 e. The van der Waals surface area contributed by atoms with Gasteiger partial charge in [-0.3, -0.25) is 14.5 Å². The third-order valence-corrected chi connectivity index (χ3v) is 6.50. The van der Waals surface area contributed by atoms with Gasteiger partial charge in [0, 0.05) is 56.3 Å². The van der Waals surface area contributed by atoms with Gasteiger partial charge < -0.3 is 29.7 Å². The van der Waals surface area contributed by atoms with Crippen molar-refractivity contribution >= 4 is 17.5 Å². The number of rotatable bonds is 8. The average Bonchev–Trinajstić information content (AvgIpc) is 2.85. The highest BCUT2D eigenvalue weighted by atomic mass is 16.5. The summed E-state index contributed by atoms with van der Waals surface area (Å²) in [6, 6.07) is 5.24. The molecule has 9 heteroatoms. The Kier molecular flexibility index (Phi) is 9.70. The number of ether oxygens (including phenoxy) is 2. The molecular weight excluding hydrogens is 436 g/mol. The first-order chi connectivity index (χ1) is 16.3. The van der Waals surface area contributed by atoms with Crippen molar-refractivity contribution in [1.82, 2.24) is 14.7 Å². The van der Waals surface area contributed by atoms with E-state index >= 15 is 0 Å². The maximum Gasteiger partial charge on any atom is 0.227 e. The topological polar surface area (TPSA) is 94.6 Å². The Balaban J connectivity index is 1.76. The summed E-state index contributed by atoms with van der Waals surface area (Å²) in [6.45, 7) is 8.86. The summed E-state index contributed by atoms with van der Waals surface area (Å²) < 4.78 is 11.8. The fraction of sp³-hybridized carbons (Fsp3) is 0.680. The predicted octanol–water partition coefficient (Wildman–Crippen LogP) is 1.06. The van der Waals surface area contributed by atoms with Crippen LogP contribution in [0.1, 0.15) is 25.8 Å². The van der Waals surface area contributed by atoms with E-state index in [2.05, 4.69) is 22.0 Å². The Labute approximate surface area is 203 Å². The molecule has 2 aliphatic rings. The molecule has 0 radical (unpaired) electrons.